The molecule has 0 bridgehead atoms. The van der Waals surface area contributed by atoms with Crippen LogP contribution in [0.5, 0.6) is 11.5 Å². The maximum atomic E-state index is 12.9. The van der Waals surface area contributed by atoms with Crippen molar-refractivity contribution in [3.8, 4) is 11.5 Å². The van der Waals surface area contributed by atoms with Gasteiger partial charge in [0, 0.05) is 16.6 Å². The number of hydrogen-bond acceptors (Lipinski definition) is 11. The molecule has 3 aromatic rings. The Kier molecular flexibility index (Phi) is 9.00. The quantitative estimate of drug-likeness (QED) is 0.110. The summed E-state index contributed by atoms with van der Waals surface area (Å²) in [5.41, 5.74) is 0.241. The van der Waals surface area contributed by atoms with Crippen molar-refractivity contribution in [3.05, 3.63) is 87.3 Å². The number of para-hydroxylation sites is 1. The van der Waals surface area contributed by atoms with Gasteiger partial charge in [0.25, 0.3) is 16.8 Å². The van der Waals surface area contributed by atoms with Crippen molar-refractivity contribution in [1.82, 2.24) is 4.90 Å². The molecule has 0 unspecified atom stereocenters. The molecule has 0 aromatic heterocycles. The van der Waals surface area contributed by atoms with Crippen LogP contribution < -0.4 is 14.2 Å². The summed E-state index contributed by atoms with van der Waals surface area (Å²) >= 11 is 2.14. The van der Waals surface area contributed by atoms with Crippen LogP contribution in [0.25, 0.3) is 6.08 Å². The van der Waals surface area contributed by atoms with Crippen LogP contribution in [0.4, 0.5) is 16.2 Å². The van der Waals surface area contributed by atoms with E-state index in [1.807, 2.05) is 12.3 Å². The van der Waals surface area contributed by atoms with E-state index < -0.39 is 49.2 Å². The predicted molar refractivity (Wildman–Crippen MR) is 153 cm³/mol. The zero-order valence-electron chi connectivity index (χ0n) is 21.4. The van der Waals surface area contributed by atoms with Crippen LogP contribution in [-0.2, 0) is 19.7 Å². The van der Waals surface area contributed by atoms with Crippen LogP contribution in [0.1, 0.15) is 5.56 Å². The highest BCUT2D eigenvalue weighted by Crippen LogP contribution is 2.36. The maximum Gasteiger partial charge on any atom is 0.346 e. The molecule has 3 amide bonds. The summed E-state index contributed by atoms with van der Waals surface area (Å²) in [6.45, 7) is -0.481. The number of benzene rings is 3. The number of carbonyl (C=O) groups excluding carboxylic acids is 3. The third kappa shape index (κ3) is 6.87. The van der Waals surface area contributed by atoms with Crippen molar-refractivity contribution >= 4 is 68.1 Å². The first-order valence-corrected chi connectivity index (χ1v) is 15.0. The molecule has 1 fully saturated rings. The lowest BCUT2D eigenvalue weighted by atomic mass is 10.2. The van der Waals surface area contributed by atoms with Crippen LogP contribution in [0.15, 0.2) is 81.4 Å². The van der Waals surface area contributed by atoms with Crippen LogP contribution in [0, 0.1) is 10.1 Å². The van der Waals surface area contributed by atoms with Crippen molar-refractivity contribution in [2.24, 2.45) is 0 Å². The van der Waals surface area contributed by atoms with E-state index >= 15 is 0 Å². The molecule has 212 valence electrons. The summed E-state index contributed by atoms with van der Waals surface area (Å²) in [4.78, 5) is 49.5. The number of methoxy groups -OCH3 is 1. The minimum Gasteiger partial charge on any atom is -0.493 e. The number of thioether (sulfide) groups is 2. The molecular weight excluding hydrogens is 594 g/mol. The van der Waals surface area contributed by atoms with Crippen LogP contribution >= 0.6 is 23.5 Å². The number of anilines is 1. The summed E-state index contributed by atoms with van der Waals surface area (Å²) in [7, 11) is -3.35. The fourth-order valence-electron chi connectivity index (χ4n) is 3.66. The number of nitrogens with zero attached hydrogens (tertiary/aromatic N) is 2. The van der Waals surface area contributed by atoms with Crippen molar-refractivity contribution < 1.29 is 36.6 Å². The normalized spacial score (nSPS) is 14.3. The smallest absolute Gasteiger partial charge is 0.346 e. The molecule has 0 aliphatic carbocycles. The number of amides is 3. The van der Waals surface area contributed by atoms with Gasteiger partial charge in [0.2, 0.25) is 5.91 Å². The topological polar surface area (TPSA) is 162 Å². The fraction of sp³-hybridized carbons (Fsp3) is 0.115. The highest BCUT2D eigenvalue weighted by molar-refractivity contribution is 8.18. The average molecular weight is 616 g/mol. The molecule has 3 aromatic carbocycles. The van der Waals surface area contributed by atoms with Gasteiger partial charge in [-0.15, -0.1) is 11.8 Å². The molecule has 4 rings (SSSR count). The van der Waals surface area contributed by atoms with E-state index in [2.05, 4.69) is 5.32 Å². The van der Waals surface area contributed by atoms with Crippen LogP contribution in [0.3, 0.4) is 0 Å². The Bertz CT molecular complexity index is 1690. The van der Waals surface area contributed by atoms with E-state index in [9.17, 15) is 32.9 Å². The largest absolute Gasteiger partial charge is 0.493 e. The minimum absolute atomic E-state index is 0.0374. The van der Waals surface area contributed by atoms with Crippen molar-refractivity contribution in [2.75, 3.05) is 25.2 Å². The number of carbonyl (C=O) groups is 3. The number of rotatable bonds is 10. The molecule has 41 heavy (non-hydrogen) atoms. The van der Waals surface area contributed by atoms with E-state index in [-0.39, 0.29) is 16.4 Å². The standard InChI is InChI=1S/C26H21N3O9S3/c1-37-21-12-16(10-11-20(21)38-41(35,36)23-9-4-3-8-19(23)29(33)34)13-22-25(31)28(26(32)40-22)15-24(30)27-17-6-5-7-18(14-17)39-2/h3-14H,15H2,1-2H3,(H,27,30)/b22-13-. The monoisotopic (exact) mass is 615 g/mol. The van der Waals surface area contributed by atoms with Gasteiger partial charge in [0.05, 0.1) is 16.9 Å². The zero-order chi connectivity index (χ0) is 29.7. The van der Waals surface area contributed by atoms with Gasteiger partial charge in [-0.2, -0.15) is 8.42 Å². The molecule has 0 atom stereocenters. The van der Waals surface area contributed by atoms with Gasteiger partial charge >= 0.3 is 10.1 Å². The molecule has 1 N–H and O–H groups in total. The number of nitrogens with one attached hydrogen (secondary N) is 1. The Labute approximate surface area is 243 Å². The summed E-state index contributed by atoms with van der Waals surface area (Å²) < 4.78 is 35.9. The number of hydrogen-bond donors (Lipinski definition) is 1. The minimum atomic E-state index is -4.60. The molecule has 12 nitrogen and oxygen atoms in total. The van der Waals surface area contributed by atoms with Gasteiger partial charge in [0.15, 0.2) is 16.4 Å². The Morgan fingerprint density at radius 1 is 1.10 bits per heavy atom. The van der Waals surface area contributed by atoms with Crippen LogP contribution in [0.2, 0.25) is 0 Å². The Hall–Kier alpha value is -4.34. The van der Waals surface area contributed by atoms with Crippen molar-refractivity contribution in [1.29, 1.82) is 0 Å². The van der Waals surface area contributed by atoms with Crippen molar-refractivity contribution in [2.45, 2.75) is 9.79 Å². The Morgan fingerprint density at radius 2 is 1.85 bits per heavy atom. The maximum absolute atomic E-state index is 12.9. The second-order valence-corrected chi connectivity index (χ2v) is 11.6. The molecular formula is C26H21N3O9S3. The van der Waals surface area contributed by atoms with E-state index in [1.54, 1.807) is 18.2 Å². The number of nitro benzene ring substituents is 1. The fourth-order valence-corrected chi connectivity index (χ4v) is 6.06. The first-order valence-electron chi connectivity index (χ1n) is 11.6. The van der Waals surface area contributed by atoms with Gasteiger partial charge in [-0.3, -0.25) is 29.4 Å². The first kappa shape index (κ1) is 29.6. The number of ether oxygens (including phenoxy) is 1. The molecule has 15 heteroatoms. The van der Waals surface area contributed by atoms with Gasteiger partial charge in [0.1, 0.15) is 6.54 Å². The second-order valence-electron chi connectivity index (χ2n) is 8.22. The molecule has 0 radical (unpaired) electrons. The van der Waals surface area contributed by atoms with E-state index in [0.717, 1.165) is 21.9 Å². The van der Waals surface area contributed by atoms with Crippen molar-refractivity contribution in [3.63, 3.8) is 0 Å². The molecule has 0 spiro atoms. The van der Waals surface area contributed by atoms with Crippen LogP contribution in [-0.4, -0.2) is 55.2 Å². The molecule has 1 aliphatic heterocycles. The number of imide groups is 1. The summed E-state index contributed by atoms with van der Waals surface area (Å²) in [6, 6.07) is 15.9. The first-order chi connectivity index (χ1) is 19.5. The molecule has 0 saturated carbocycles. The van der Waals surface area contributed by atoms with E-state index in [4.69, 9.17) is 8.92 Å². The summed E-state index contributed by atoms with van der Waals surface area (Å²) in [5, 5.41) is 13.3. The average Bonchev–Trinajstić information content (AvgIpc) is 3.20. The zero-order valence-corrected chi connectivity index (χ0v) is 23.9. The molecule has 1 saturated heterocycles. The highest BCUT2D eigenvalue weighted by atomic mass is 32.2. The Morgan fingerprint density at radius 3 is 2.56 bits per heavy atom. The van der Waals surface area contributed by atoms with Gasteiger partial charge in [-0.1, -0.05) is 24.3 Å². The summed E-state index contributed by atoms with van der Waals surface area (Å²) in [5.74, 6) is -1.52. The Balaban J connectivity index is 1.50. The SMILES string of the molecule is COc1cc(/C=C2\SC(=O)N(CC(=O)Nc3cccc(SC)c3)C2=O)ccc1OS(=O)(=O)c1ccccc1[N+](=O)[O-]. The lowest BCUT2D eigenvalue weighted by Crippen LogP contribution is -2.36. The van der Waals surface area contributed by atoms with E-state index in [1.165, 1.54) is 55.3 Å². The highest BCUT2D eigenvalue weighted by Gasteiger charge is 2.36. The van der Waals surface area contributed by atoms with E-state index in [0.29, 0.717) is 23.0 Å². The summed E-state index contributed by atoms with van der Waals surface area (Å²) in [6.07, 6.45) is 3.28. The lowest BCUT2D eigenvalue weighted by molar-refractivity contribution is -0.387. The third-order valence-corrected chi connectivity index (χ3v) is 8.46. The second kappa shape index (κ2) is 12.4. The third-order valence-electron chi connectivity index (χ3n) is 5.55. The molecule has 1 heterocycles. The predicted octanol–water partition coefficient (Wildman–Crippen LogP) is 4.77. The van der Waals surface area contributed by atoms with Gasteiger partial charge < -0.3 is 14.2 Å². The van der Waals surface area contributed by atoms with Gasteiger partial charge in [-0.25, -0.2) is 0 Å². The lowest BCUT2D eigenvalue weighted by Gasteiger charge is -2.13. The van der Waals surface area contributed by atoms with Gasteiger partial charge in [-0.05, 0) is 66.1 Å². The number of nitro groups is 1. The molecule has 1 aliphatic rings.